The first kappa shape index (κ1) is 25.6. The highest BCUT2D eigenvalue weighted by Crippen LogP contribution is 2.22. The van der Waals surface area contributed by atoms with Gasteiger partial charge in [-0.15, -0.1) is 35.3 Å². The third-order valence-electron chi connectivity index (χ3n) is 4.20. The first-order chi connectivity index (χ1) is 13.4. The Bertz CT molecular complexity index is 821. The van der Waals surface area contributed by atoms with E-state index in [1.807, 2.05) is 39.0 Å². The summed E-state index contributed by atoms with van der Waals surface area (Å²) in [6.45, 7) is 9.91. The predicted molar refractivity (Wildman–Crippen MR) is 134 cm³/mol. The molecule has 0 aliphatic heterocycles. The van der Waals surface area contributed by atoms with Crippen LogP contribution in [0, 0.1) is 20.8 Å². The molecule has 0 saturated heterocycles. The summed E-state index contributed by atoms with van der Waals surface area (Å²) < 4.78 is 0. The number of halogens is 2. The van der Waals surface area contributed by atoms with Crippen LogP contribution in [0.15, 0.2) is 23.2 Å². The minimum absolute atomic E-state index is 0. The molecule has 2 rings (SSSR count). The molecule has 29 heavy (non-hydrogen) atoms. The van der Waals surface area contributed by atoms with Crippen LogP contribution in [0.1, 0.15) is 34.5 Å². The van der Waals surface area contributed by atoms with Gasteiger partial charge in [-0.1, -0.05) is 17.7 Å². The Kier molecular flexibility index (Phi) is 11.5. The number of aromatic nitrogens is 1. The number of carbonyl (C=O) groups excluding carboxylic acids is 1. The maximum absolute atomic E-state index is 12.2. The van der Waals surface area contributed by atoms with Crippen LogP contribution >= 0.6 is 46.9 Å². The van der Waals surface area contributed by atoms with Gasteiger partial charge in [0.15, 0.2) is 5.96 Å². The van der Waals surface area contributed by atoms with E-state index in [-0.39, 0.29) is 29.9 Å². The van der Waals surface area contributed by atoms with E-state index < -0.39 is 0 Å². The zero-order chi connectivity index (χ0) is 20.5. The standard InChI is InChI=1S/C20H28ClN5OS.HI/c1-5-22-20(24-12-10-19-25-14(3)15(4)28-19)23-11-9-18(27)26-17-8-6-7-16(21)13(17)2;/h6-8H,5,9-12H2,1-4H3,(H,26,27)(H2,22,23,24);1H. The second kappa shape index (κ2) is 13.0. The first-order valence-corrected chi connectivity index (χ1v) is 10.6. The molecule has 0 bridgehead atoms. The number of anilines is 1. The molecule has 160 valence electrons. The zero-order valence-electron chi connectivity index (χ0n) is 17.3. The van der Waals surface area contributed by atoms with Crippen LogP contribution in [-0.4, -0.2) is 36.5 Å². The molecule has 9 heteroatoms. The summed E-state index contributed by atoms with van der Waals surface area (Å²) in [6.07, 6.45) is 1.14. The molecule has 0 aliphatic rings. The Balaban J connectivity index is 0.00000420. The first-order valence-electron chi connectivity index (χ1n) is 9.40. The van der Waals surface area contributed by atoms with E-state index >= 15 is 0 Å². The summed E-state index contributed by atoms with van der Waals surface area (Å²) in [5.74, 6) is 0.640. The molecule has 0 spiro atoms. The van der Waals surface area contributed by atoms with Gasteiger partial charge in [-0.3, -0.25) is 9.79 Å². The van der Waals surface area contributed by atoms with Crippen LogP contribution in [0.5, 0.6) is 0 Å². The molecule has 0 fully saturated rings. The largest absolute Gasteiger partial charge is 0.357 e. The zero-order valence-corrected chi connectivity index (χ0v) is 21.2. The van der Waals surface area contributed by atoms with Crippen LogP contribution in [0.3, 0.4) is 0 Å². The summed E-state index contributed by atoms with van der Waals surface area (Å²) in [5.41, 5.74) is 2.70. The van der Waals surface area contributed by atoms with Crippen molar-refractivity contribution in [3.63, 3.8) is 0 Å². The Hall–Kier alpha value is -1.39. The minimum Gasteiger partial charge on any atom is -0.357 e. The summed E-state index contributed by atoms with van der Waals surface area (Å²) in [5, 5.41) is 11.0. The summed E-state index contributed by atoms with van der Waals surface area (Å²) in [7, 11) is 0. The second-order valence-electron chi connectivity index (χ2n) is 6.40. The lowest BCUT2D eigenvalue weighted by molar-refractivity contribution is -0.116. The fraction of sp³-hybridized carbons (Fsp3) is 0.450. The van der Waals surface area contributed by atoms with Gasteiger partial charge in [-0.25, -0.2) is 4.98 Å². The molecule has 1 aromatic carbocycles. The maximum atomic E-state index is 12.2. The molecular formula is C20H29ClIN5OS. The third kappa shape index (κ3) is 8.47. The van der Waals surface area contributed by atoms with Gasteiger partial charge in [0.25, 0.3) is 0 Å². The van der Waals surface area contributed by atoms with E-state index in [9.17, 15) is 4.79 Å². The number of guanidine groups is 1. The number of hydrogen-bond donors (Lipinski definition) is 3. The highest BCUT2D eigenvalue weighted by atomic mass is 127. The Morgan fingerprint density at radius 2 is 2.00 bits per heavy atom. The molecule has 6 nitrogen and oxygen atoms in total. The van der Waals surface area contributed by atoms with Crippen LogP contribution in [-0.2, 0) is 11.2 Å². The lowest BCUT2D eigenvalue weighted by Gasteiger charge is -2.12. The van der Waals surface area contributed by atoms with Gasteiger partial charge < -0.3 is 16.0 Å². The summed E-state index contributed by atoms with van der Waals surface area (Å²) in [4.78, 5) is 22.5. The van der Waals surface area contributed by atoms with Crippen molar-refractivity contribution >= 4 is 64.5 Å². The molecule has 1 aromatic heterocycles. The van der Waals surface area contributed by atoms with Gasteiger partial charge in [0, 0.05) is 48.1 Å². The topological polar surface area (TPSA) is 78.4 Å². The number of thiazole rings is 1. The molecule has 3 N–H and O–H groups in total. The molecular weight excluding hydrogens is 521 g/mol. The van der Waals surface area contributed by atoms with Crippen molar-refractivity contribution < 1.29 is 4.79 Å². The fourth-order valence-corrected chi connectivity index (χ4v) is 3.60. The van der Waals surface area contributed by atoms with E-state index in [2.05, 4.69) is 32.9 Å². The summed E-state index contributed by atoms with van der Waals surface area (Å²) >= 11 is 7.81. The smallest absolute Gasteiger partial charge is 0.226 e. The van der Waals surface area contributed by atoms with Crippen molar-refractivity contribution in [2.24, 2.45) is 4.99 Å². The van der Waals surface area contributed by atoms with E-state index in [0.717, 1.165) is 34.9 Å². The molecule has 2 aromatic rings. The predicted octanol–water partition coefficient (Wildman–Crippen LogP) is 4.47. The number of nitrogens with one attached hydrogen (secondary N) is 3. The average Bonchev–Trinajstić information content (AvgIpc) is 2.96. The Morgan fingerprint density at radius 3 is 2.66 bits per heavy atom. The molecule has 0 aliphatic carbocycles. The van der Waals surface area contributed by atoms with E-state index in [1.165, 1.54) is 4.88 Å². The number of aliphatic imine (C=N–C) groups is 1. The SMILES string of the molecule is CCNC(=NCCc1nc(C)c(C)s1)NCCC(=O)Nc1cccc(Cl)c1C.I. The van der Waals surface area contributed by atoms with Gasteiger partial charge in [-0.05, 0) is 45.4 Å². The van der Waals surface area contributed by atoms with Crippen LogP contribution < -0.4 is 16.0 Å². The number of benzene rings is 1. The van der Waals surface area contributed by atoms with E-state index in [4.69, 9.17) is 11.6 Å². The molecule has 0 radical (unpaired) electrons. The lowest BCUT2D eigenvalue weighted by atomic mass is 10.2. The fourth-order valence-electron chi connectivity index (χ4n) is 2.50. The van der Waals surface area contributed by atoms with Crippen molar-refractivity contribution in [3.05, 3.63) is 44.4 Å². The number of nitrogens with zero attached hydrogens (tertiary/aromatic N) is 2. The Morgan fingerprint density at radius 1 is 1.24 bits per heavy atom. The van der Waals surface area contributed by atoms with Gasteiger partial charge in [0.05, 0.1) is 10.7 Å². The number of carbonyl (C=O) groups is 1. The van der Waals surface area contributed by atoms with E-state index in [1.54, 1.807) is 11.3 Å². The molecule has 0 saturated carbocycles. The molecule has 1 amide bonds. The quantitative estimate of drug-likeness (QED) is 0.258. The van der Waals surface area contributed by atoms with E-state index in [0.29, 0.717) is 30.5 Å². The second-order valence-corrected chi connectivity index (χ2v) is 8.09. The Labute approximate surface area is 199 Å². The van der Waals surface area contributed by atoms with Crippen molar-refractivity contribution in [2.45, 2.75) is 40.5 Å². The monoisotopic (exact) mass is 549 g/mol. The van der Waals surface area contributed by atoms with Crippen molar-refractivity contribution in [2.75, 3.05) is 25.0 Å². The van der Waals surface area contributed by atoms with Crippen molar-refractivity contribution in [3.8, 4) is 0 Å². The molecule has 1 heterocycles. The van der Waals surface area contributed by atoms with Crippen LogP contribution in [0.4, 0.5) is 5.69 Å². The molecule has 0 unspecified atom stereocenters. The molecule has 0 atom stereocenters. The number of amides is 1. The minimum atomic E-state index is -0.0672. The van der Waals surface area contributed by atoms with Gasteiger partial charge >= 0.3 is 0 Å². The number of hydrogen-bond acceptors (Lipinski definition) is 4. The number of rotatable bonds is 8. The van der Waals surface area contributed by atoms with Crippen LogP contribution in [0.2, 0.25) is 5.02 Å². The highest BCUT2D eigenvalue weighted by molar-refractivity contribution is 14.0. The van der Waals surface area contributed by atoms with Gasteiger partial charge in [0.1, 0.15) is 0 Å². The third-order valence-corrected chi connectivity index (χ3v) is 5.74. The van der Waals surface area contributed by atoms with Crippen LogP contribution in [0.25, 0.3) is 0 Å². The maximum Gasteiger partial charge on any atom is 0.226 e. The number of aryl methyl sites for hydroxylation is 2. The van der Waals surface area contributed by atoms with Gasteiger partial charge in [-0.2, -0.15) is 0 Å². The summed E-state index contributed by atoms with van der Waals surface area (Å²) in [6, 6.07) is 5.48. The highest BCUT2D eigenvalue weighted by Gasteiger charge is 2.07. The van der Waals surface area contributed by atoms with Crippen molar-refractivity contribution in [1.82, 2.24) is 15.6 Å². The normalized spacial score (nSPS) is 11.0. The average molecular weight is 550 g/mol. The van der Waals surface area contributed by atoms with Crippen molar-refractivity contribution in [1.29, 1.82) is 0 Å². The lowest BCUT2D eigenvalue weighted by Crippen LogP contribution is -2.38. The van der Waals surface area contributed by atoms with Gasteiger partial charge in [0.2, 0.25) is 5.91 Å².